The van der Waals surface area contributed by atoms with E-state index in [4.69, 9.17) is 18.1 Å². The van der Waals surface area contributed by atoms with Crippen molar-refractivity contribution < 1.29 is 0 Å². The predicted molar refractivity (Wildman–Crippen MR) is 73.2 cm³/mol. The van der Waals surface area contributed by atoms with Gasteiger partial charge in [0.1, 0.15) is 0 Å². The molecule has 0 heterocycles. The number of hydrazine groups is 1. The van der Waals surface area contributed by atoms with Gasteiger partial charge in [-0.2, -0.15) is 0 Å². The Hall–Kier alpha value is -0.350. The Kier molecular flexibility index (Phi) is 2.31. The zero-order chi connectivity index (χ0) is 12.3. The molecule has 4 bridgehead atoms. The Balaban J connectivity index is 1.89. The Labute approximate surface area is 109 Å². The van der Waals surface area contributed by atoms with Crippen molar-refractivity contribution in [1.29, 1.82) is 0 Å². The van der Waals surface area contributed by atoms with Gasteiger partial charge in [-0.25, -0.2) is 5.84 Å². The van der Waals surface area contributed by atoms with Crippen LogP contribution in [0.2, 0.25) is 0 Å². The van der Waals surface area contributed by atoms with Crippen LogP contribution in [-0.4, -0.2) is 10.7 Å². The van der Waals surface area contributed by atoms with Gasteiger partial charge in [0.05, 0.1) is 0 Å². The molecule has 4 saturated carbocycles. The molecule has 4 aliphatic carbocycles. The van der Waals surface area contributed by atoms with Crippen LogP contribution in [0.25, 0.3) is 0 Å². The molecule has 4 N–H and O–H groups in total. The minimum absolute atomic E-state index is 0.215. The fourth-order valence-corrected chi connectivity index (χ4v) is 6.08. The Bertz CT molecular complexity index is 350. The second-order valence-corrected chi connectivity index (χ2v) is 7.92. The molecule has 0 aromatic rings. The van der Waals surface area contributed by atoms with E-state index in [1.165, 1.54) is 38.5 Å². The van der Waals surface area contributed by atoms with Crippen LogP contribution >= 0.6 is 12.2 Å². The maximum atomic E-state index is 5.41. The third-order valence-corrected chi connectivity index (χ3v) is 5.36. The minimum atomic E-state index is 0.215. The number of thiocarbonyl (C=S) groups is 1. The van der Waals surface area contributed by atoms with Crippen LogP contribution in [0.5, 0.6) is 0 Å². The summed E-state index contributed by atoms with van der Waals surface area (Å²) < 4.78 is 0. The van der Waals surface area contributed by atoms with E-state index in [2.05, 4.69) is 24.6 Å². The van der Waals surface area contributed by atoms with Crippen LogP contribution in [0.15, 0.2) is 0 Å². The van der Waals surface area contributed by atoms with Gasteiger partial charge >= 0.3 is 0 Å². The summed E-state index contributed by atoms with van der Waals surface area (Å²) in [6.45, 7) is 4.93. The maximum Gasteiger partial charge on any atom is 0.181 e. The van der Waals surface area contributed by atoms with Crippen LogP contribution in [-0.2, 0) is 0 Å². The van der Waals surface area contributed by atoms with Crippen molar-refractivity contribution in [2.45, 2.75) is 57.9 Å². The molecule has 3 nitrogen and oxygen atoms in total. The monoisotopic (exact) mass is 253 g/mol. The number of nitrogens with one attached hydrogen (secondary N) is 2. The fraction of sp³-hybridized carbons (Fsp3) is 0.923. The van der Waals surface area contributed by atoms with Gasteiger partial charge in [0.2, 0.25) is 0 Å². The van der Waals surface area contributed by atoms with Crippen LogP contribution in [0.1, 0.15) is 52.4 Å². The number of rotatable bonds is 1. The van der Waals surface area contributed by atoms with E-state index >= 15 is 0 Å². The Morgan fingerprint density at radius 1 is 1.12 bits per heavy atom. The molecule has 4 heteroatoms. The molecule has 96 valence electrons. The van der Waals surface area contributed by atoms with Crippen molar-refractivity contribution in [1.82, 2.24) is 10.7 Å². The lowest BCUT2D eigenvalue weighted by molar-refractivity contribution is -0.111. The highest BCUT2D eigenvalue weighted by atomic mass is 32.1. The lowest BCUT2D eigenvalue weighted by Gasteiger charge is -2.65. The van der Waals surface area contributed by atoms with Gasteiger partial charge in [0.25, 0.3) is 0 Å². The molecule has 0 saturated heterocycles. The third-order valence-electron chi connectivity index (χ3n) is 5.14. The molecular formula is C13H23N3S. The van der Waals surface area contributed by atoms with Gasteiger partial charge < -0.3 is 10.7 Å². The summed E-state index contributed by atoms with van der Waals surface area (Å²) in [4.78, 5) is 0. The lowest BCUT2D eigenvalue weighted by atomic mass is 9.43. The van der Waals surface area contributed by atoms with Crippen molar-refractivity contribution >= 4 is 17.3 Å². The fourth-order valence-electron chi connectivity index (χ4n) is 5.86. The van der Waals surface area contributed by atoms with E-state index < -0.39 is 0 Å². The molecule has 0 amide bonds. The maximum absolute atomic E-state index is 5.41. The van der Waals surface area contributed by atoms with Gasteiger partial charge in [-0.15, -0.1) is 0 Å². The summed E-state index contributed by atoms with van der Waals surface area (Å²) in [5, 5.41) is 4.13. The molecule has 0 spiro atoms. The first kappa shape index (κ1) is 11.7. The molecule has 4 rings (SSSR count). The number of hydrogen-bond acceptors (Lipinski definition) is 2. The summed E-state index contributed by atoms with van der Waals surface area (Å²) in [7, 11) is 0. The van der Waals surface area contributed by atoms with Crippen LogP contribution < -0.4 is 16.6 Å². The number of hydrogen-bond donors (Lipinski definition) is 3. The van der Waals surface area contributed by atoms with E-state index in [1.807, 2.05) is 0 Å². The lowest BCUT2D eigenvalue weighted by Crippen LogP contribution is -2.66. The van der Waals surface area contributed by atoms with E-state index in [9.17, 15) is 0 Å². The molecule has 17 heavy (non-hydrogen) atoms. The average Bonchev–Trinajstić information content (AvgIpc) is 2.10. The van der Waals surface area contributed by atoms with Crippen LogP contribution in [0.4, 0.5) is 0 Å². The second kappa shape index (κ2) is 3.35. The van der Waals surface area contributed by atoms with E-state index in [1.54, 1.807) is 0 Å². The van der Waals surface area contributed by atoms with Crippen LogP contribution in [0, 0.1) is 16.7 Å². The van der Waals surface area contributed by atoms with E-state index in [0.717, 1.165) is 5.92 Å². The van der Waals surface area contributed by atoms with Crippen molar-refractivity contribution in [3.63, 3.8) is 0 Å². The van der Waals surface area contributed by atoms with Gasteiger partial charge in [-0.3, -0.25) is 0 Å². The van der Waals surface area contributed by atoms with Crippen molar-refractivity contribution in [3.05, 3.63) is 0 Å². The van der Waals surface area contributed by atoms with Crippen molar-refractivity contribution in [3.8, 4) is 0 Å². The zero-order valence-corrected chi connectivity index (χ0v) is 11.6. The average molecular weight is 253 g/mol. The zero-order valence-electron chi connectivity index (χ0n) is 10.8. The summed E-state index contributed by atoms with van der Waals surface area (Å²) in [6, 6.07) is 0. The minimum Gasteiger partial charge on any atom is -0.356 e. The van der Waals surface area contributed by atoms with Crippen molar-refractivity contribution in [2.24, 2.45) is 22.6 Å². The van der Waals surface area contributed by atoms with E-state index in [0.29, 0.717) is 15.9 Å². The quantitative estimate of drug-likeness (QED) is 0.380. The molecule has 4 fully saturated rings. The Morgan fingerprint density at radius 2 is 1.71 bits per heavy atom. The van der Waals surface area contributed by atoms with Crippen LogP contribution in [0.3, 0.4) is 0 Å². The largest absolute Gasteiger partial charge is 0.356 e. The highest BCUT2D eigenvalue weighted by Gasteiger charge is 2.60. The van der Waals surface area contributed by atoms with Gasteiger partial charge in [0.15, 0.2) is 5.11 Å². The van der Waals surface area contributed by atoms with Gasteiger partial charge in [-0.1, -0.05) is 13.8 Å². The first-order valence-electron chi connectivity index (χ1n) is 6.65. The second-order valence-electron chi connectivity index (χ2n) is 7.51. The third kappa shape index (κ3) is 1.85. The SMILES string of the molecule is CC12CC3CC(C)(C1)CC(NC(=S)NN)(C3)C2. The highest BCUT2D eigenvalue weighted by Crippen LogP contribution is 2.66. The molecule has 4 aliphatic rings. The predicted octanol–water partition coefficient (Wildman–Crippen LogP) is 2.07. The molecule has 0 aromatic carbocycles. The first-order valence-corrected chi connectivity index (χ1v) is 7.06. The molecule has 2 unspecified atom stereocenters. The topological polar surface area (TPSA) is 50.1 Å². The Morgan fingerprint density at radius 3 is 2.18 bits per heavy atom. The summed E-state index contributed by atoms with van der Waals surface area (Å²) in [6.07, 6.45) is 8.01. The molecule has 2 atom stereocenters. The van der Waals surface area contributed by atoms with Crippen molar-refractivity contribution in [2.75, 3.05) is 0 Å². The smallest absolute Gasteiger partial charge is 0.181 e. The molecule has 0 aliphatic heterocycles. The number of nitrogens with two attached hydrogens (primary N) is 1. The van der Waals surface area contributed by atoms with E-state index in [-0.39, 0.29) is 5.54 Å². The molecule has 0 aromatic heterocycles. The summed E-state index contributed by atoms with van der Waals surface area (Å²) in [5.41, 5.74) is 3.84. The van der Waals surface area contributed by atoms with Gasteiger partial charge in [0, 0.05) is 5.54 Å². The normalized spacial score (nSPS) is 51.4. The summed E-state index contributed by atoms with van der Waals surface area (Å²) >= 11 is 5.22. The highest BCUT2D eigenvalue weighted by molar-refractivity contribution is 7.80. The van der Waals surface area contributed by atoms with Gasteiger partial charge in [-0.05, 0) is 67.5 Å². The standard InChI is InChI=1S/C13H23N3S/c1-11-3-9-4-12(2,6-11)8-13(5-9,7-11)15-10(17)16-14/h9H,3-8,14H2,1-2H3,(H2,15,16,17). The molecular weight excluding hydrogens is 230 g/mol. The first-order chi connectivity index (χ1) is 7.86. The molecule has 0 radical (unpaired) electrons. The summed E-state index contributed by atoms with van der Waals surface area (Å²) in [5.74, 6) is 6.30.